The first-order valence-corrected chi connectivity index (χ1v) is 9.15. The van der Waals surface area contributed by atoms with Gasteiger partial charge in [0.15, 0.2) is 11.9 Å². The molecule has 2 heterocycles. The van der Waals surface area contributed by atoms with Gasteiger partial charge in [-0.05, 0) is 65.2 Å². The maximum atomic E-state index is 13.1. The first-order chi connectivity index (χ1) is 13.0. The van der Waals surface area contributed by atoms with Crippen LogP contribution in [0.1, 0.15) is 12.5 Å². The van der Waals surface area contributed by atoms with E-state index in [1.54, 1.807) is 36.3 Å². The molecule has 27 heavy (non-hydrogen) atoms. The van der Waals surface area contributed by atoms with Gasteiger partial charge in [0.1, 0.15) is 11.6 Å². The van der Waals surface area contributed by atoms with E-state index < -0.39 is 6.10 Å². The summed E-state index contributed by atoms with van der Waals surface area (Å²) in [6.07, 6.45) is 5.36. The molecule has 0 aliphatic heterocycles. The number of anilines is 1. The van der Waals surface area contributed by atoms with Crippen molar-refractivity contribution in [3.63, 3.8) is 0 Å². The van der Waals surface area contributed by atoms with E-state index in [1.807, 2.05) is 12.1 Å². The van der Waals surface area contributed by atoms with Gasteiger partial charge >= 0.3 is 0 Å². The van der Waals surface area contributed by atoms with Crippen LogP contribution in [-0.4, -0.2) is 26.8 Å². The van der Waals surface area contributed by atoms with Crippen LogP contribution in [0, 0.1) is 5.82 Å². The number of nitrogens with zero attached hydrogens (tertiary/aromatic N) is 3. The maximum absolute atomic E-state index is 13.1. The van der Waals surface area contributed by atoms with Crippen molar-refractivity contribution in [3.05, 3.63) is 70.8 Å². The Morgan fingerprint density at radius 2 is 2.07 bits per heavy atom. The number of rotatable bonds is 7. The zero-order valence-corrected chi connectivity index (χ0v) is 16.2. The summed E-state index contributed by atoms with van der Waals surface area (Å²) in [4.78, 5) is 16.3. The van der Waals surface area contributed by atoms with E-state index in [1.165, 1.54) is 18.2 Å². The monoisotopic (exact) mass is 432 g/mol. The van der Waals surface area contributed by atoms with E-state index in [0.717, 1.165) is 12.0 Å². The zero-order chi connectivity index (χ0) is 19.2. The summed E-state index contributed by atoms with van der Waals surface area (Å²) in [5.74, 6) is 0.111. The highest BCUT2D eigenvalue weighted by atomic mass is 79.9. The largest absolute Gasteiger partial charge is 0.480 e. The molecule has 1 atom stereocenters. The van der Waals surface area contributed by atoms with Crippen molar-refractivity contribution >= 4 is 27.7 Å². The average Bonchev–Trinajstić information content (AvgIpc) is 3.10. The van der Waals surface area contributed by atoms with E-state index in [0.29, 0.717) is 22.6 Å². The lowest BCUT2D eigenvalue weighted by atomic mass is 10.2. The fourth-order valence-electron chi connectivity index (χ4n) is 2.39. The molecular formula is C19H18BrFN4O2. The van der Waals surface area contributed by atoms with Crippen molar-refractivity contribution in [3.8, 4) is 5.75 Å². The topological polar surface area (TPSA) is 69.0 Å². The number of hydrogen-bond donors (Lipinski definition) is 1. The van der Waals surface area contributed by atoms with Gasteiger partial charge in [0.2, 0.25) is 0 Å². The average molecular weight is 433 g/mol. The number of carbonyl (C=O) groups is 1. The highest BCUT2D eigenvalue weighted by molar-refractivity contribution is 9.10. The van der Waals surface area contributed by atoms with Crippen molar-refractivity contribution in [1.82, 2.24) is 14.8 Å². The molecule has 0 aliphatic rings. The smallest absolute Gasteiger partial charge is 0.266 e. The van der Waals surface area contributed by atoms with Crippen LogP contribution in [0.4, 0.5) is 10.2 Å². The molecule has 0 fully saturated rings. The molecule has 1 unspecified atom stereocenters. The third-order valence-electron chi connectivity index (χ3n) is 3.84. The number of aromatic nitrogens is 3. The molecule has 0 saturated carbocycles. The summed E-state index contributed by atoms with van der Waals surface area (Å²) in [5.41, 5.74) is 1.16. The number of ether oxygens (including phenoxy) is 1. The van der Waals surface area contributed by atoms with Crippen LogP contribution in [-0.2, 0) is 17.8 Å². The van der Waals surface area contributed by atoms with Gasteiger partial charge in [-0.25, -0.2) is 4.39 Å². The van der Waals surface area contributed by atoms with Crippen molar-refractivity contribution in [2.45, 2.75) is 26.0 Å². The van der Waals surface area contributed by atoms with Crippen molar-refractivity contribution < 1.29 is 13.9 Å². The van der Waals surface area contributed by atoms with E-state index >= 15 is 0 Å². The van der Waals surface area contributed by atoms with Crippen LogP contribution in [0.5, 0.6) is 5.75 Å². The SMILES string of the molecule is CC(Oc1ccc(F)cc1Br)C(=O)Nc1ccn(CCc2ccncc2)n1. The molecule has 1 amide bonds. The summed E-state index contributed by atoms with van der Waals surface area (Å²) in [5, 5.41) is 7.05. The predicted molar refractivity (Wildman–Crippen MR) is 103 cm³/mol. The number of halogens is 2. The van der Waals surface area contributed by atoms with Crippen LogP contribution >= 0.6 is 15.9 Å². The number of aryl methyl sites for hydroxylation is 2. The van der Waals surface area contributed by atoms with Gasteiger partial charge in [0, 0.05) is 31.2 Å². The van der Waals surface area contributed by atoms with Gasteiger partial charge in [0.05, 0.1) is 4.47 Å². The number of nitrogens with one attached hydrogen (secondary N) is 1. The van der Waals surface area contributed by atoms with Gasteiger partial charge in [-0.2, -0.15) is 5.10 Å². The summed E-state index contributed by atoms with van der Waals surface area (Å²) >= 11 is 3.22. The molecule has 6 nitrogen and oxygen atoms in total. The lowest BCUT2D eigenvalue weighted by Crippen LogP contribution is -2.30. The minimum absolute atomic E-state index is 0.342. The number of pyridine rings is 1. The highest BCUT2D eigenvalue weighted by Gasteiger charge is 2.17. The van der Waals surface area contributed by atoms with Gasteiger partial charge in [0.25, 0.3) is 5.91 Å². The van der Waals surface area contributed by atoms with E-state index in [-0.39, 0.29) is 11.7 Å². The van der Waals surface area contributed by atoms with Crippen LogP contribution < -0.4 is 10.1 Å². The fraction of sp³-hybridized carbons (Fsp3) is 0.211. The molecular weight excluding hydrogens is 415 g/mol. The summed E-state index contributed by atoms with van der Waals surface area (Å²) in [7, 11) is 0. The second kappa shape index (κ2) is 8.77. The number of carbonyl (C=O) groups excluding carboxylic acids is 1. The third kappa shape index (κ3) is 5.37. The molecule has 0 bridgehead atoms. The predicted octanol–water partition coefficient (Wildman–Crippen LogP) is 3.83. The third-order valence-corrected chi connectivity index (χ3v) is 4.46. The van der Waals surface area contributed by atoms with E-state index in [9.17, 15) is 9.18 Å². The molecule has 3 rings (SSSR count). The Hall–Kier alpha value is -2.74. The summed E-state index contributed by atoms with van der Waals surface area (Å²) in [6, 6.07) is 9.67. The molecule has 1 N–H and O–H groups in total. The molecule has 0 saturated heterocycles. The molecule has 0 spiro atoms. The summed E-state index contributed by atoms with van der Waals surface area (Å²) in [6.45, 7) is 2.31. The Morgan fingerprint density at radius 3 is 2.81 bits per heavy atom. The first kappa shape index (κ1) is 19.0. The van der Waals surface area contributed by atoms with Crippen LogP contribution in [0.3, 0.4) is 0 Å². The van der Waals surface area contributed by atoms with Crippen LogP contribution in [0.15, 0.2) is 59.5 Å². The normalized spacial score (nSPS) is 11.8. The number of benzene rings is 1. The van der Waals surface area contributed by atoms with E-state index in [4.69, 9.17) is 4.74 Å². The Labute approximate surface area is 164 Å². The Morgan fingerprint density at radius 1 is 1.30 bits per heavy atom. The van der Waals surface area contributed by atoms with Gasteiger partial charge in [-0.1, -0.05) is 0 Å². The number of amides is 1. The molecule has 1 aromatic carbocycles. The zero-order valence-electron chi connectivity index (χ0n) is 14.6. The van der Waals surface area contributed by atoms with Gasteiger partial charge < -0.3 is 10.1 Å². The van der Waals surface area contributed by atoms with Crippen LogP contribution in [0.2, 0.25) is 0 Å². The lowest BCUT2D eigenvalue weighted by molar-refractivity contribution is -0.122. The fourth-order valence-corrected chi connectivity index (χ4v) is 2.83. The van der Waals surface area contributed by atoms with Gasteiger partial charge in [-0.15, -0.1) is 0 Å². The van der Waals surface area contributed by atoms with Gasteiger partial charge in [-0.3, -0.25) is 14.5 Å². The van der Waals surface area contributed by atoms with Crippen molar-refractivity contribution in [2.24, 2.45) is 0 Å². The Balaban J connectivity index is 1.53. The molecule has 0 radical (unpaired) electrons. The molecule has 140 valence electrons. The van der Waals surface area contributed by atoms with Crippen molar-refractivity contribution in [2.75, 3.05) is 5.32 Å². The summed E-state index contributed by atoms with van der Waals surface area (Å²) < 4.78 is 20.9. The quantitative estimate of drug-likeness (QED) is 0.615. The second-order valence-corrected chi connectivity index (χ2v) is 6.75. The Bertz CT molecular complexity index is 917. The molecule has 0 aliphatic carbocycles. The molecule has 2 aromatic heterocycles. The highest BCUT2D eigenvalue weighted by Crippen LogP contribution is 2.26. The molecule has 3 aromatic rings. The van der Waals surface area contributed by atoms with Crippen LogP contribution in [0.25, 0.3) is 0 Å². The Kier molecular flexibility index (Phi) is 6.18. The number of hydrogen-bond acceptors (Lipinski definition) is 4. The molecule has 8 heteroatoms. The van der Waals surface area contributed by atoms with E-state index in [2.05, 4.69) is 31.3 Å². The minimum atomic E-state index is -0.770. The second-order valence-electron chi connectivity index (χ2n) is 5.89. The lowest BCUT2D eigenvalue weighted by Gasteiger charge is -2.15. The standard InChI is InChI=1S/C19H18BrFN4O2/c1-13(27-17-3-2-15(21)12-16(17)20)19(26)23-18-7-11-25(24-18)10-6-14-4-8-22-9-5-14/h2-5,7-9,11-13H,6,10H2,1H3,(H,23,24,26). The maximum Gasteiger partial charge on any atom is 0.266 e. The van der Waals surface area contributed by atoms with Crippen molar-refractivity contribution in [1.29, 1.82) is 0 Å². The minimum Gasteiger partial charge on any atom is -0.480 e. The first-order valence-electron chi connectivity index (χ1n) is 8.36.